The molecule has 1 aliphatic carbocycles. The molecule has 1 nitrogen and oxygen atoms in total. The molecule has 0 unspecified atom stereocenters. The number of hydrogen-bond donors (Lipinski definition) is 0. The summed E-state index contributed by atoms with van der Waals surface area (Å²) in [5, 5.41) is 0.182. The third-order valence-electron chi connectivity index (χ3n) is 1.25. The summed E-state index contributed by atoms with van der Waals surface area (Å²) in [4.78, 5) is 11.8. The standard InChI is InChI=1S/C8H10OS/c1-7(9)10-8-5-3-2-4-6-8/h2-3,5H,4,6H2,1H3. The van der Waals surface area contributed by atoms with Crippen LogP contribution in [0.3, 0.4) is 0 Å². The summed E-state index contributed by atoms with van der Waals surface area (Å²) in [6.07, 6.45) is 8.24. The summed E-state index contributed by atoms with van der Waals surface area (Å²) in [7, 11) is 0. The first-order valence-corrected chi connectivity index (χ1v) is 4.15. The maximum absolute atomic E-state index is 10.6. The average molecular weight is 154 g/mol. The van der Waals surface area contributed by atoms with Crippen LogP contribution in [0.4, 0.5) is 0 Å². The van der Waals surface area contributed by atoms with Gasteiger partial charge in [-0.25, -0.2) is 0 Å². The number of hydrogen-bond acceptors (Lipinski definition) is 2. The minimum absolute atomic E-state index is 0.182. The van der Waals surface area contributed by atoms with Gasteiger partial charge in [0.05, 0.1) is 0 Å². The molecule has 0 saturated carbocycles. The average Bonchev–Trinajstić information content (AvgIpc) is 1.88. The van der Waals surface area contributed by atoms with Crippen molar-refractivity contribution in [3.8, 4) is 0 Å². The Morgan fingerprint density at radius 3 is 3.00 bits per heavy atom. The minimum atomic E-state index is 0.182. The fraction of sp³-hybridized carbons (Fsp3) is 0.375. The Kier molecular flexibility index (Phi) is 2.75. The molecule has 0 aromatic rings. The van der Waals surface area contributed by atoms with E-state index in [2.05, 4.69) is 6.08 Å². The first-order chi connectivity index (χ1) is 4.79. The van der Waals surface area contributed by atoms with Gasteiger partial charge in [-0.05, 0) is 17.7 Å². The van der Waals surface area contributed by atoms with Crippen LogP contribution < -0.4 is 0 Å². The lowest BCUT2D eigenvalue weighted by Gasteiger charge is -2.04. The van der Waals surface area contributed by atoms with Gasteiger partial charge >= 0.3 is 0 Å². The molecule has 0 spiro atoms. The monoisotopic (exact) mass is 154 g/mol. The summed E-state index contributed by atoms with van der Waals surface area (Å²) >= 11 is 1.35. The second kappa shape index (κ2) is 3.62. The van der Waals surface area contributed by atoms with E-state index >= 15 is 0 Å². The van der Waals surface area contributed by atoms with Gasteiger partial charge < -0.3 is 0 Å². The second-order valence-corrected chi connectivity index (χ2v) is 3.50. The maximum Gasteiger partial charge on any atom is 0.190 e. The molecule has 0 aromatic heterocycles. The number of carbonyl (C=O) groups excluding carboxylic acids is 1. The van der Waals surface area contributed by atoms with E-state index in [4.69, 9.17) is 0 Å². The van der Waals surface area contributed by atoms with Crippen molar-refractivity contribution in [1.29, 1.82) is 0 Å². The quantitative estimate of drug-likeness (QED) is 0.577. The predicted molar refractivity (Wildman–Crippen MR) is 44.7 cm³/mol. The van der Waals surface area contributed by atoms with Gasteiger partial charge in [0.15, 0.2) is 5.12 Å². The van der Waals surface area contributed by atoms with E-state index in [1.807, 2.05) is 12.2 Å². The highest BCUT2D eigenvalue weighted by atomic mass is 32.2. The molecule has 0 bridgehead atoms. The summed E-state index contributed by atoms with van der Waals surface area (Å²) in [6, 6.07) is 0. The molecule has 0 heterocycles. The molecular weight excluding hydrogens is 144 g/mol. The Morgan fingerprint density at radius 2 is 2.50 bits per heavy atom. The zero-order chi connectivity index (χ0) is 7.40. The third-order valence-corrected chi connectivity index (χ3v) is 2.14. The van der Waals surface area contributed by atoms with Gasteiger partial charge in [-0.1, -0.05) is 30.0 Å². The SMILES string of the molecule is CC(=O)SC1=CC=CCC1. The summed E-state index contributed by atoms with van der Waals surface area (Å²) in [5.41, 5.74) is 0. The fourth-order valence-electron chi connectivity index (χ4n) is 0.850. The van der Waals surface area contributed by atoms with Crippen LogP contribution in [0.5, 0.6) is 0 Å². The largest absolute Gasteiger partial charge is 0.287 e. The van der Waals surface area contributed by atoms with E-state index in [0.717, 1.165) is 12.8 Å². The van der Waals surface area contributed by atoms with Gasteiger partial charge in [0.25, 0.3) is 0 Å². The lowest BCUT2D eigenvalue weighted by Crippen LogP contribution is -1.86. The molecule has 0 atom stereocenters. The van der Waals surface area contributed by atoms with E-state index in [9.17, 15) is 4.79 Å². The van der Waals surface area contributed by atoms with Gasteiger partial charge in [0, 0.05) is 6.92 Å². The summed E-state index contributed by atoms with van der Waals surface area (Å²) in [6.45, 7) is 1.60. The lowest BCUT2D eigenvalue weighted by molar-refractivity contribution is -0.109. The Labute approximate surface area is 65.2 Å². The van der Waals surface area contributed by atoms with Crippen LogP contribution in [0.2, 0.25) is 0 Å². The zero-order valence-corrected chi connectivity index (χ0v) is 6.78. The highest BCUT2D eigenvalue weighted by Gasteiger charge is 2.02. The van der Waals surface area contributed by atoms with E-state index < -0.39 is 0 Å². The normalized spacial score (nSPS) is 16.7. The zero-order valence-electron chi connectivity index (χ0n) is 5.96. The van der Waals surface area contributed by atoms with Crippen molar-refractivity contribution < 1.29 is 4.79 Å². The molecule has 0 aromatic carbocycles. The van der Waals surface area contributed by atoms with E-state index in [0.29, 0.717) is 0 Å². The first-order valence-electron chi connectivity index (χ1n) is 3.33. The number of allylic oxidation sites excluding steroid dienone is 4. The highest BCUT2D eigenvalue weighted by molar-refractivity contribution is 8.16. The molecule has 54 valence electrons. The van der Waals surface area contributed by atoms with Gasteiger partial charge in [-0.15, -0.1) is 0 Å². The van der Waals surface area contributed by atoms with Crippen molar-refractivity contribution in [1.82, 2.24) is 0 Å². The number of rotatable bonds is 1. The van der Waals surface area contributed by atoms with Crippen LogP contribution >= 0.6 is 11.8 Å². The molecule has 1 aliphatic rings. The molecule has 1 rings (SSSR count). The molecule has 0 radical (unpaired) electrons. The van der Waals surface area contributed by atoms with Crippen LogP contribution in [-0.4, -0.2) is 5.12 Å². The topological polar surface area (TPSA) is 17.1 Å². The van der Waals surface area contributed by atoms with Crippen LogP contribution in [0, 0.1) is 0 Å². The van der Waals surface area contributed by atoms with E-state index in [-0.39, 0.29) is 5.12 Å². The summed E-state index contributed by atoms with van der Waals surface area (Å²) < 4.78 is 0. The molecule has 0 saturated heterocycles. The molecule has 0 aliphatic heterocycles. The fourth-order valence-corrected chi connectivity index (χ4v) is 1.59. The van der Waals surface area contributed by atoms with E-state index in [1.165, 1.54) is 16.7 Å². The predicted octanol–water partition coefficient (Wildman–Crippen LogP) is 2.50. The number of thioether (sulfide) groups is 1. The Balaban J connectivity index is 2.47. The molecular formula is C8H10OS. The summed E-state index contributed by atoms with van der Waals surface area (Å²) in [5.74, 6) is 0. The van der Waals surface area contributed by atoms with Crippen molar-refractivity contribution >= 4 is 16.9 Å². The van der Waals surface area contributed by atoms with Crippen LogP contribution in [0.25, 0.3) is 0 Å². The van der Waals surface area contributed by atoms with Crippen molar-refractivity contribution in [2.75, 3.05) is 0 Å². The van der Waals surface area contributed by atoms with E-state index in [1.54, 1.807) is 6.92 Å². The molecule has 2 heteroatoms. The minimum Gasteiger partial charge on any atom is -0.287 e. The van der Waals surface area contributed by atoms with Gasteiger partial charge in [-0.3, -0.25) is 4.79 Å². The van der Waals surface area contributed by atoms with Crippen molar-refractivity contribution in [3.05, 3.63) is 23.1 Å². The van der Waals surface area contributed by atoms with Crippen LogP contribution in [-0.2, 0) is 4.79 Å². The Hall–Kier alpha value is -0.500. The van der Waals surface area contributed by atoms with Crippen molar-refractivity contribution in [3.63, 3.8) is 0 Å². The third kappa shape index (κ3) is 2.40. The van der Waals surface area contributed by atoms with Gasteiger partial charge in [-0.2, -0.15) is 0 Å². The van der Waals surface area contributed by atoms with Crippen molar-refractivity contribution in [2.45, 2.75) is 19.8 Å². The Morgan fingerprint density at radius 1 is 1.70 bits per heavy atom. The molecule has 0 fully saturated rings. The van der Waals surface area contributed by atoms with Crippen molar-refractivity contribution in [2.24, 2.45) is 0 Å². The second-order valence-electron chi connectivity index (χ2n) is 2.19. The first kappa shape index (κ1) is 7.61. The highest BCUT2D eigenvalue weighted by Crippen LogP contribution is 2.24. The van der Waals surface area contributed by atoms with Crippen LogP contribution in [0.1, 0.15) is 19.8 Å². The molecule has 0 N–H and O–H groups in total. The number of carbonyl (C=O) groups is 1. The van der Waals surface area contributed by atoms with Gasteiger partial charge in [0.1, 0.15) is 0 Å². The molecule has 0 amide bonds. The van der Waals surface area contributed by atoms with Crippen LogP contribution in [0.15, 0.2) is 23.1 Å². The smallest absolute Gasteiger partial charge is 0.190 e. The maximum atomic E-state index is 10.6. The molecule has 10 heavy (non-hydrogen) atoms. The lowest BCUT2D eigenvalue weighted by atomic mass is 10.2. The Bertz CT molecular complexity index is 191. The van der Waals surface area contributed by atoms with Gasteiger partial charge in [0.2, 0.25) is 0 Å².